The van der Waals surface area contributed by atoms with Crippen molar-refractivity contribution in [3.63, 3.8) is 0 Å². The topological polar surface area (TPSA) is 0 Å². The minimum atomic E-state index is 0.571. The van der Waals surface area contributed by atoms with E-state index in [1.807, 2.05) is 0 Å². The predicted molar refractivity (Wildman–Crippen MR) is 72.5 cm³/mol. The lowest BCUT2D eigenvalue weighted by Crippen LogP contribution is -2.57. The molecule has 1 aliphatic rings. The fraction of sp³-hybridized carbons (Fsp3) is 1.00. The van der Waals surface area contributed by atoms with E-state index in [1.54, 1.807) is 0 Å². The summed E-state index contributed by atoms with van der Waals surface area (Å²) in [7, 11) is 0. The highest BCUT2D eigenvalue weighted by Crippen LogP contribution is 2.43. The molecule has 96 valence electrons. The molecule has 0 aromatic carbocycles. The molecular formula is C15H32N+. The van der Waals surface area contributed by atoms with Gasteiger partial charge in [-0.3, -0.25) is 0 Å². The van der Waals surface area contributed by atoms with Crippen LogP contribution in [0.4, 0.5) is 0 Å². The van der Waals surface area contributed by atoms with Crippen LogP contribution in [0.2, 0.25) is 0 Å². The second kappa shape index (κ2) is 5.08. The van der Waals surface area contributed by atoms with Crippen LogP contribution in [0.5, 0.6) is 0 Å². The molecule has 0 amide bonds. The van der Waals surface area contributed by atoms with Gasteiger partial charge in [0.05, 0.1) is 25.7 Å². The second-order valence-electron chi connectivity index (χ2n) is 6.49. The van der Waals surface area contributed by atoms with E-state index >= 15 is 0 Å². The predicted octanol–water partition coefficient (Wildman–Crippen LogP) is 4.08. The highest BCUT2D eigenvalue weighted by molar-refractivity contribution is 4.84. The van der Waals surface area contributed by atoms with Gasteiger partial charge in [-0.15, -0.1) is 0 Å². The smallest absolute Gasteiger partial charge is 0.0893 e. The van der Waals surface area contributed by atoms with Crippen molar-refractivity contribution in [3.8, 4) is 0 Å². The van der Waals surface area contributed by atoms with Gasteiger partial charge in [0, 0.05) is 6.42 Å². The van der Waals surface area contributed by atoms with Crippen LogP contribution >= 0.6 is 0 Å². The van der Waals surface area contributed by atoms with Gasteiger partial charge in [-0.2, -0.15) is 0 Å². The van der Waals surface area contributed by atoms with Crippen molar-refractivity contribution in [1.82, 2.24) is 0 Å². The molecule has 2 unspecified atom stereocenters. The van der Waals surface area contributed by atoms with Crippen molar-refractivity contribution in [3.05, 3.63) is 0 Å². The van der Waals surface area contributed by atoms with E-state index in [0.29, 0.717) is 5.41 Å². The summed E-state index contributed by atoms with van der Waals surface area (Å²) >= 11 is 0. The summed E-state index contributed by atoms with van der Waals surface area (Å²) in [5.74, 6) is 0.883. The molecule has 0 aromatic rings. The Morgan fingerprint density at radius 1 is 1.06 bits per heavy atom. The summed E-state index contributed by atoms with van der Waals surface area (Å²) < 4.78 is 1.35. The van der Waals surface area contributed by atoms with Crippen LogP contribution in [0.25, 0.3) is 0 Å². The number of hydrogen-bond donors (Lipinski definition) is 0. The van der Waals surface area contributed by atoms with Crippen molar-refractivity contribution in [2.24, 2.45) is 11.3 Å². The minimum absolute atomic E-state index is 0.571. The van der Waals surface area contributed by atoms with E-state index in [2.05, 4.69) is 41.5 Å². The molecule has 1 heteroatoms. The Hall–Kier alpha value is -0.0400. The number of nitrogens with zero attached hydrogens (tertiary/aromatic N) is 1. The molecule has 0 N–H and O–H groups in total. The van der Waals surface area contributed by atoms with Crippen molar-refractivity contribution in [1.29, 1.82) is 0 Å². The molecule has 0 heterocycles. The number of hydrogen-bond acceptors (Lipinski definition) is 0. The third kappa shape index (κ3) is 2.45. The minimum Gasteiger partial charge on any atom is -0.322 e. The molecule has 0 saturated heterocycles. The average molecular weight is 226 g/mol. The molecule has 0 spiro atoms. The summed E-state index contributed by atoms with van der Waals surface area (Å²) in [6.07, 6.45) is 4.29. The van der Waals surface area contributed by atoms with Crippen LogP contribution in [-0.2, 0) is 0 Å². The van der Waals surface area contributed by atoms with Crippen LogP contribution in [0, 0.1) is 11.3 Å². The average Bonchev–Trinajstić information content (AvgIpc) is 2.26. The highest BCUT2D eigenvalue weighted by Gasteiger charge is 2.41. The zero-order valence-electron chi connectivity index (χ0n) is 12.3. The molecule has 0 bridgehead atoms. The van der Waals surface area contributed by atoms with Crippen molar-refractivity contribution in [2.45, 2.75) is 66.8 Å². The molecule has 1 saturated carbocycles. The Balaban J connectivity index is 2.76. The van der Waals surface area contributed by atoms with Crippen LogP contribution < -0.4 is 0 Å². The van der Waals surface area contributed by atoms with Crippen molar-refractivity contribution >= 4 is 0 Å². The Labute approximate surface area is 103 Å². The van der Waals surface area contributed by atoms with Gasteiger partial charge in [0.15, 0.2) is 0 Å². The molecule has 0 aromatic heterocycles. The van der Waals surface area contributed by atoms with Gasteiger partial charge in [-0.05, 0) is 44.9 Å². The molecule has 16 heavy (non-hydrogen) atoms. The third-order valence-electron chi connectivity index (χ3n) is 5.75. The summed E-state index contributed by atoms with van der Waals surface area (Å²) in [5.41, 5.74) is 0.571. The first kappa shape index (κ1) is 14.0. The van der Waals surface area contributed by atoms with Gasteiger partial charge in [-0.1, -0.05) is 20.8 Å². The Morgan fingerprint density at radius 2 is 1.56 bits per heavy atom. The summed E-state index contributed by atoms with van der Waals surface area (Å²) in [6, 6.07) is 0.919. The molecule has 1 rings (SSSR count). The number of quaternary nitrogens is 1. The first-order chi connectivity index (χ1) is 7.41. The molecule has 1 aliphatic carbocycles. The summed E-state index contributed by atoms with van der Waals surface area (Å²) in [6.45, 7) is 18.4. The van der Waals surface area contributed by atoms with E-state index in [1.165, 1.54) is 43.4 Å². The first-order valence-corrected chi connectivity index (χ1v) is 7.27. The van der Waals surface area contributed by atoms with E-state index in [0.717, 1.165) is 12.0 Å². The quantitative estimate of drug-likeness (QED) is 0.634. The van der Waals surface area contributed by atoms with Crippen LogP contribution in [0.3, 0.4) is 0 Å². The van der Waals surface area contributed by atoms with Crippen molar-refractivity contribution in [2.75, 3.05) is 19.6 Å². The number of rotatable bonds is 4. The zero-order valence-corrected chi connectivity index (χ0v) is 12.3. The van der Waals surface area contributed by atoms with Gasteiger partial charge in [-0.25, -0.2) is 0 Å². The van der Waals surface area contributed by atoms with Crippen LogP contribution in [0.1, 0.15) is 60.8 Å². The SMILES string of the molecule is CC[N+](CC)(CC)C1CCC(C)(C)C(C)C1. The normalized spacial score (nSPS) is 30.4. The summed E-state index contributed by atoms with van der Waals surface area (Å²) in [5, 5.41) is 0. The van der Waals surface area contributed by atoms with Gasteiger partial charge in [0.1, 0.15) is 0 Å². The maximum absolute atomic E-state index is 2.46. The van der Waals surface area contributed by atoms with E-state index in [4.69, 9.17) is 0 Å². The Kier molecular flexibility index (Phi) is 4.45. The molecular weight excluding hydrogens is 194 g/mol. The standard InChI is InChI=1S/C15H32N/c1-7-16(8-2,9-3)14-10-11-15(5,6)13(4)12-14/h13-14H,7-12H2,1-6H3/q+1. The van der Waals surface area contributed by atoms with E-state index < -0.39 is 0 Å². The fourth-order valence-electron chi connectivity index (χ4n) is 3.57. The van der Waals surface area contributed by atoms with Crippen molar-refractivity contribution < 1.29 is 4.48 Å². The maximum atomic E-state index is 2.46. The van der Waals surface area contributed by atoms with Crippen LogP contribution in [0.15, 0.2) is 0 Å². The first-order valence-electron chi connectivity index (χ1n) is 7.27. The largest absolute Gasteiger partial charge is 0.322 e. The van der Waals surface area contributed by atoms with Gasteiger partial charge in [0.25, 0.3) is 0 Å². The molecule has 0 aliphatic heterocycles. The van der Waals surface area contributed by atoms with Crippen LogP contribution in [-0.4, -0.2) is 30.2 Å². The monoisotopic (exact) mass is 226 g/mol. The third-order valence-corrected chi connectivity index (χ3v) is 5.75. The summed E-state index contributed by atoms with van der Waals surface area (Å²) in [4.78, 5) is 0. The lowest BCUT2D eigenvalue weighted by atomic mass is 9.67. The van der Waals surface area contributed by atoms with Gasteiger partial charge in [0.2, 0.25) is 0 Å². The molecule has 0 radical (unpaired) electrons. The lowest BCUT2D eigenvalue weighted by molar-refractivity contribution is -0.948. The van der Waals surface area contributed by atoms with E-state index in [9.17, 15) is 0 Å². The van der Waals surface area contributed by atoms with Gasteiger partial charge < -0.3 is 4.48 Å². The van der Waals surface area contributed by atoms with Gasteiger partial charge >= 0.3 is 0 Å². The Bertz CT molecular complexity index is 207. The molecule has 1 nitrogen and oxygen atoms in total. The molecule has 1 fully saturated rings. The zero-order chi connectivity index (χ0) is 12.4. The second-order valence-corrected chi connectivity index (χ2v) is 6.49. The fourth-order valence-corrected chi connectivity index (χ4v) is 3.57. The molecule has 2 atom stereocenters. The Morgan fingerprint density at radius 3 is 1.94 bits per heavy atom. The maximum Gasteiger partial charge on any atom is 0.0893 e. The highest BCUT2D eigenvalue weighted by atomic mass is 15.4. The lowest BCUT2D eigenvalue weighted by Gasteiger charge is -2.50. The van der Waals surface area contributed by atoms with E-state index in [-0.39, 0.29) is 0 Å².